The Labute approximate surface area is 157 Å². The van der Waals surface area contributed by atoms with Crippen LogP contribution < -0.4 is 15.3 Å². The van der Waals surface area contributed by atoms with Gasteiger partial charge in [-0.05, 0) is 42.3 Å². The highest BCUT2D eigenvalue weighted by atomic mass is 28.3. The van der Waals surface area contributed by atoms with E-state index in [0.717, 1.165) is 5.92 Å². The topological polar surface area (TPSA) is 3.24 Å². The van der Waals surface area contributed by atoms with Crippen LogP contribution in [0.3, 0.4) is 0 Å². The summed E-state index contributed by atoms with van der Waals surface area (Å²) < 4.78 is 0. The maximum Gasteiger partial charge on any atom is 0.117 e. The molecule has 0 spiro atoms. The second-order valence-corrected chi connectivity index (χ2v) is 12.2. The average Bonchev–Trinajstić information content (AvgIpc) is 2.56. The molecule has 0 N–H and O–H groups in total. The van der Waals surface area contributed by atoms with E-state index in [-0.39, 0.29) is 0 Å². The molecule has 138 valence electrons. The standard InChI is InChI=1S/C17H21NSi.C4H10.C2H6/c1-13(2)18-14-9-5-7-11-16(14)19(3,4)17-12-8-6-10-15(17)18;1-4(2)3;1-2/h5-13H,1-4H3;4H,1-3H3;1-2H3. The van der Waals surface area contributed by atoms with Crippen molar-refractivity contribution in [2.45, 2.75) is 67.6 Å². The summed E-state index contributed by atoms with van der Waals surface area (Å²) in [5.74, 6) is 0.833. The summed E-state index contributed by atoms with van der Waals surface area (Å²) in [6.45, 7) is 20.0. The van der Waals surface area contributed by atoms with E-state index in [1.165, 1.54) is 11.4 Å². The lowest BCUT2D eigenvalue weighted by atomic mass is 10.1. The molecular formula is C23H37NSi. The molecule has 1 nitrogen and oxygen atoms in total. The van der Waals surface area contributed by atoms with Crippen molar-refractivity contribution >= 4 is 29.8 Å². The van der Waals surface area contributed by atoms with Crippen LogP contribution in [0.4, 0.5) is 11.4 Å². The molecule has 0 atom stereocenters. The van der Waals surface area contributed by atoms with E-state index in [0.29, 0.717) is 6.04 Å². The van der Waals surface area contributed by atoms with Crippen molar-refractivity contribution in [1.29, 1.82) is 0 Å². The minimum Gasteiger partial charge on any atom is -0.339 e. The predicted molar refractivity (Wildman–Crippen MR) is 119 cm³/mol. The van der Waals surface area contributed by atoms with Crippen LogP contribution in [0.15, 0.2) is 48.5 Å². The van der Waals surface area contributed by atoms with Crippen molar-refractivity contribution in [2.75, 3.05) is 4.90 Å². The van der Waals surface area contributed by atoms with Gasteiger partial charge in [-0.1, -0.05) is 84.1 Å². The molecule has 0 saturated heterocycles. The summed E-state index contributed by atoms with van der Waals surface area (Å²) in [5, 5.41) is 3.12. The molecular weight excluding hydrogens is 318 g/mol. The first kappa shape index (κ1) is 21.5. The maximum absolute atomic E-state index is 2.49. The molecule has 2 aromatic rings. The van der Waals surface area contributed by atoms with Crippen molar-refractivity contribution in [1.82, 2.24) is 0 Å². The molecule has 0 fully saturated rings. The fraction of sp³-hybridized carbons (Fsp3) is 0.478. The van der Waals surface area contributed by atoms with Gasteiger partial charge in [-0.25, -0.2) is 0 Å². The van der Waals surface area contributed by atoms with Crippen molar-refractivity contribution in [2.24, 2.45) is 5.92 Å². The molecule has 0 aliphatic carbocycles. The third-order valence-corrected chi connectivity index (χ3v) is 7.73. The number of fused-ring (bicyclic) bond motifs is 2. The van der Waals surface area contributed by atoms with E-state index in [4.69, 9.17) is 0 Å². The van der Waals surface area contributed by atoms with E-state index < -0.39 is 8.07 Å². The number of hydrogen-bond donors (Lipinski definition) is 0. The van der Waals surface area contributed by atoms with E-state index in [2.05, 4.69) is 101 Å². The highest BCUT2D eigenvalue weighted by molar-refractivity contribution is 7.02. The van der Waals surface area contributed by atoms with Gasteiger partial charge in [0.1, 0.15) is 8.07 Å². The highest BCUT2D eigenvalue weighted by Crippen LogP contribution is 2.32. The summed E-state index contributed by atoms with van der Waals surface area (Å²) in [7, 11) is -1.56. The number of benzene rings is 2. The zero-order valence-corrected chi connectivity index (χ0v) is 18.7. The normalized spacial score (nSPS) is 14.0. The SMILES string of the molecule is CC.CC(C)C.CC(C)N1c2ccccc2[Si](C)(C)c2ccccc21. The number of hydrogen-bond acceptors (Lipinski definition) is 1. The third kappa shape index (κ3) is 4.75. The van der Waals surface area contributed by atoms with Gasteiger partial charge in [0.2, 0.25) is 0 Å². The number of para-hydroxylation sites is 2. The van der Waals surface area contributed by atoms with Crippen LogP contribution >= 0.6 is 0 Å². The summed E-state index contributed by atoms with van der Waals surface area (Å²) >= 11 is 0. The lowest BCUT2D eigenvalue weighted by Gasteiger charge is -2.42. The molecule has 0 saturated carbocycles. The van der Waals surface area contributed by atoms with Crippen LogP contribution in [0, 0.1) is 5.92 Å². The van der Waals surface area contributed by atoms with Gasteiger partial charge in [-0.3, -0.25) is 0 Å². The Bertz CT molecular complexity index is 606. The molecule has 0 aromatic heterocycles. The molecule has 1 aliphatic rings. The van der Waals surface area contributed by atoms with Crippen LogP contribution in [0.2, 0.25) is 13.1 Å². The summed E-state index contributed by atoms with van der Waals surface area (Å²) in [5.41, 5.74) is 2.82. The lowest BCUT2D eigenvalue weighted by molar-refractivity contribution is 0.737. The number of rotatable bonds is 1. The molecule has 3 rings (SSSR count). The fourth-order valence-corrected chi connectivity index (χ4v) is 6.26. The molecule has 25 heavy (non-hydrogen) atoms. The van der Waals surface area contributed by atoms with E-state index in [9.17, 15) is 0 Å². The van der Waals surface area contributed by atoms with Gasteiger partial charge in [0, 0.05) is 17.4 Å². The van der Waals surface area contributed by atoms with Crippen LogP contribution in [0.25, 0.3) is 0 Å². The van der Waals surface area contributed by atoms with Crippen molar-refractivity contribution in [3.63, 3.8) is 0 Å². The summed E-state index contributed by atoms with van der Waals surface area (Å²) in [4.78, 5) is 2.49. The molecule has 1 aliphatic heterocycles. The van der Waals surface area contributed by atoms with Crippen LogP contribution in [0.1, 0.15) is 48.5 Å². The van der Waals surface area contributed by atoms with Gasteiger partial charge in [-0.2, -0.15) is 0 Å². The van der Waals surface area contributed by atoms with Crippen LogP contribution in [-0.2, 0) is 0 Å². The number of anilines is 2. The summed E-state index contributed by atoms with van der Waals surface area (Å²) in [6, 6.07) is 18.4. The predicted octanol–water partition coefficient (Wildman–Crippen LogP) is 6.06. The minimum atomic E-state index is -1.56. The van der Waals surface area contributed by atoms with E-state index >= 15 is 0 Å². The molecule has 2 aromatic carbocycles. The summed E-state index contributed by atoms with van der Waals surface area (Å²) in [6.07, 6.45) is 0. The maximum atomic E-state index is 2.49. The Hall–Kier alpha value is -1.54. The largest absolute Gasteiger partial charge is 0.339 e. The average molecular weight is 356 g/mol. The van der Waals surface area contributed by atoms with Gasteiger partial charge >= 0.3 is 0 Å². The van der Waals surface area contributed by atoms with E-state index in [1.807, 2.05) is 13.8 Å². The van der Waals surface area contributed by atoms with Gasteiger partial charge in [0.25, 0.3) is 0 Å². The first-order valence-electron chi connectivity index (χ1n) is 9.75. The van der Waals surface area contributed by atoms with Gasteiger partial charge in [0.05, 0.1) is 0 Å². The Morgan fingerprint density at radius 2 is 1.00 bits per heavy atom. The molecule has 0 bridgehead atoms. The zero-order valence-electron chi connectivity index (χ0n) is 17.7. The molecule has 1 heterocycles. The smallest absolute Gasteiger partial charge is 0.117 e. The van der Waals surface area contributed by atoms with Crippen molar-refractivity contribution in [3.8, 4) is 0 Å². The fourth-order valence-electron chi connectivity index (χ4n) is 3.26. The monoisotopic (exact) mass is 355 g/mol. The Balaban J connectivity index is 0.000000461. The second kappa shape index (κ2) is 9.24. The Morgan fingerprint density at radius 1 is 0.680 bits per heavy atom. The third-order valence-electron chi connectivity index (χ3n) is 4.19. The quantitative estimate of drug-likeness (QED) is 0.562. The molecule has 0 unspecified atom stereocenters. The van der Waals surface area contributed by atoms with Crippen molar-refractivity contribution < 1.29 is 0 Å². The zero-order chi connectivity index (χ0) is 19.2. The molecule has 0 radical (unpaired) electrons. The van der Waals surface area contributed by atoms with E-state index in [1.54, 1.807) is 10.4 Å². The second-order valence-electron chi connectivity index (χ2n) is 7.86. The van der Waals surface area contributed by atoms with Gasteiger partial charge < -0.3 is 4.90 Å². The Kier molecular flexibility index (Phi) is 7.94. The van der Waals surface area contributed by atoms with Crippen LogP contribution in [-0.4, -0.2) is 14.1 Å². The van der Waals surface area contributed by atoms with Gasteiger partial charge in [0.15, 0.2) is 0 Å². The highest BCUT2D eigenvalue weighted by Gasteiger charge is 2.38. The van der Waals surface area contributed by atoms with Gasteiger partial charge in [-0.15, -0.1) is 0 Å². The van der Waals surface area contributed by atoms with Crippen LogP contribution in [0.5, 0.6) is 0 Å². The minimum absolute atomic E-state index is 0.479. The lowest BCUT2D eigenvalue weighted by Crippen LogP contribution is -2.59. The van der Waals surface area contributed by atoms with Crippen molar-refractivity contribution in [3.05, 3.63) is 48.5 Å². The first-order valence-corrected chi connectivity index (χ1v) is 12.7. The molecule has 2 heteroatoms. The molecule has 0 amide bonds. The Morgan fingerprint density at radius 3 is 1.32 bits per heavy atom. The first-order chi connectivity index (χ1) is 11.8. The number of nitrogens with zero attached hydrogens (tertiary/aromatic N) is 1.